The second-order valence-electron chi connectivity index (χ2n) is 19.7. The van der Waals surface area contributed by atoms with E-state index < -0.39 is 0 Å². The molecule has 2 nitrogen and oxygen atoms in total. The lowest BCUT2D eigenvalue weighted by atomic mass is 9.65. The van der Waals surface area contributed by atoms with Crippen molar-refractivity contribution in [2.24, 2.45) is 0 Å². The third-order valence-corrected chi connectivity index (χ3v) is 15.2. The molecule has 0 aliphatic heterocycles. The fourth-order valence-electron chi connectivity index (χ4n) is 12.1. The summed E-state index contributed by atoms with van der Waals surface area (Å²) in [6, 6.07) is 51.7. The molecule has 4 aliphatic carbocycles. The van der Waals surface area contributed by atoms with Gasteiger partial charge in [-0.15, -0.1) is 0 Å². The van der Waals surface area contributed by atoms with E-state index in [1.54, 1.807) is 0 Å². The molecular weight excluding hydrogens is 749 g/mol. The van der Waals surface area contributed by atoms with E-state index in [9.17, 15) is 0 Å². The molecule has 0 heterocycles. The van der Waals surface area contributed by atoms with E-state index >= 15 is 0 Å². The van der Waals surface area contributed by atoms with E-state index in [0.717, 1.165) is 19.3 Å². The van der Waals surface area contributed by atoms with Crippen molar-refractivity contribution >= 4 is 55.1 Å². The molecule has 0 saturated heterocycles. The van der Waals surface area contributed by atoms with Crippen LogP contribution in [-0.2, 0) is 10.8 Å². The zero-order valence-electron chi connectivity index (χ0n) is 36.9. The van der Waals surface area contributed by atoms with Gasteiger partial charge in [-0.2, -0.15) is 0 Å². The summed E-state index contributed by atoms with van der Waals surface area (Å²) in [7, 11) is 0. The Morgan fingerprint density at radius 2 is 1.05 bits per heavy atom. The van der Waals surface area contributed by atoms with Crippen molar-refractivity contribution in [1.29, 1.82) is 0 Å². The Balaban J connectivity index is 1.05. The van der Waals surface area contributed by atoms with Crippen LogP contribution in [0.2, 0.25) is 0 Å². The van der Waals surface area contributed by atoms with Crippen molar-refractivity contribution in [1.82, 2.24) is 0 Å². The fraction of sp³-hybridized carbons (Fsp3) is 0.233. The average molecular weight is 803 g/mol. The number of allylic oxidation sites excluding steroid dienone is 4. The molecule has 8 aromatic rings. The predicted molar refractivity (Wildman–Crippen MR) is 265 cm³/mol. The van der Waals surface area contributed by atoms with Crippen LogP contribution in [0, 0.1) is 0 Å². The molecule has 0 fully saturated rings. The number of hydrogen-bond acceptors (Lipinski definition) is 2. The zero-order chi connectivity index (χ0) is 42.1. The Bertz CT molecular complexity index is 3230. The molecule has 0 bridgehead atoms. The fourth-order valence-corrected chi connectivity index (χ4v) is 12.1. The molecule has 12 rings (SSSR count). The largest absolute Gasteiger partial charge is 0.335 e. The minimum atomic E-state index is -0.211. The Morgan fingerprint density at radius 3 is 1.63 bits per heavy atom. The van der Waals surface area contributed by atoms with Gasteiger partial charge < -0.3 is 9.80 Å². The van der Waals surface area contributed by atoms with Crippen LogP contribution in [0.3, 0.4) is 0 Å². The smallest absolute Gasteiger partial charge is 0.0524 e. The molecule has 0 spiro atoms. The van der Waals surface area contributed by atoms with E-state index in [2.05, 4.69) is 203 Å². The SMILES string of the molecule is CC1=CC(N(c2ccccc2)c2ccc3c(c2)C(C)(C)c2ccc4cc5c6c(ccc7cc-3c2c4c76)C(C)(C)c2cc(N(c3ccccc3)C3C=C(C)CCC3)ccc2-5)=CCC1. The first-order valence-electron chi connectivity index (χ1n) is 22.9. The van der Waals surface area contributed by atoms with E-state index in [0.29, 0.717) is 6.04 Å². The van der Waals surface area contributed by atoms with Gasteiger partial charge in [-0.25, -0.2) is 0 Å². The van der Waals surface area contributed by atoms with Crippen LogP contribution in [-0.4, -0.2) is 6.04 Å². The highest BCUT2D eigenvalue weighted by atomic mass is 15.2. The summed E-state index contributed by atoms with van der Waals surface area (Å²) >= 11 is 0. The van der Waals surface area contributed by atoms with Gasteiger partial charge in [0.15, 0.2) is 0 Å². The molecule has 0 N–H and O–H groups in total. The second kappa shape index (κ2) is 13.6. The Labute approximate surface area is 366 Å². The molecule has 0 radical (unpaired) electrons. The lowest BCUT2D eigenvalue weighted by Crippen LogP contribution is -2.32. The third kappa shape index (κ3) is 5.41. The Hall–Kier alpha value is -6.38. The predicted octanol–water partition coefficient (Wildman–Crippen LogP) is 16.6. The minimum Gasteiger partial charge on any atom is -0.335 e. The number of fused-ring (bicyclic) bond motifs is 4. The maximum atomic E-state index is 2.59. The molecular formula is C60H54N2. The summed E-state index contributed by atoms with van der Waals surface area (Å²) in [4.78, 5) is 5.05. The van der Waals surface area contributed by atoms with Gasteiger partial charge in [0.05, 0.1) is 6.04 Å². The van der Waals surface area contributed by atoms with Gasteiger partial charge in [-0.3, -0.25) is 0 Å². The van der Waals surface area contributed by atoms with Gasteiger partial charge >= 0.3 is 0 Å². The van der Waals surface area contributed by atoms with Gasteiger partial charge in [-0.1, -0.05) is 124 Å². The van der Waals surface area contributed by atoms with Crippen LogP contribution in [0.15, 0.2) is 169 Å². The minimum absolute atomic E-state index is 0.196. The first-order chi connectivity index (χ1) is 30.1. The van der Waals surface area contributed by atoms with Gasteiger partial charge in [-0.05, 0) is 190 Å². The molecule has 0 saturated carbocycles. The van der Waals surface area contributed by atoms with Crippen LogP contribution in [0.1, 0.15) is 95.9 Å². The molecule has 0 aromatic heterocycles. The van der Waals surface area contributed by atoms with E-state index in [1.807, 2.05) is 0 Å². The lowest BCUT2D eigenvalue weighted by Gasteiger charge is -2.40. The summed E-state index contributed by atoms with van der Waals surface area (Å²) in [5, 5.41) is 8.35. The van der Waals surface area contributed by atoms with E-state index in [4.69, 9.17) is 0 Å². The van der Waals surface area contributed by atoms with Crippen LogP contribution >= 0.6 is 0 Å². The standard InChI is InChI=1S/C60H54N2/c1-37-15-13-21-43(31-37)61(41-17-9-7-10-18-41)45-25-27-47-49-33-39-24-30-52-58-50(34-40-23-29-51(57(49)55(40)56(39)58)59(3,4)53(47)35-45)48-28-26-46(36-54(48)60(52,5)6)62(42-19-11-8-12-20-42)44-22-14-16-38(2)32-44/h7-12,17-21,23-36,44H,13-16,22H2,1-6H3. The molecule has 0 amide bonds. The number of para-hydroxylation sites is 2. The molecule has 8 aromatic carbocycles. The third-order valence-electron chi connectivity index (χ3n) is 15.2. The van der Waals surface area contributed by atoms with Gasteiger partial charge in [0.1, 0.15) is 0 Å². The van der Waals surface area contributed by atoms with Crippen molar-refractivity contribution in [3.63, 3.8) is 0 Å². The second-order valence-corrected chi connectivity index (χ2v) is 19.7. The van der Waals surface area contributed by atoms with Crippen molar-refractivity contribution in [2.75, 3.05) is 9.80 Å². The van der Waals surface area contributed by atoms with Crippen LogP contribution in [0.25, 0.3) is 54.6 Å². The summed E-state index contributed by atoms with van der Waals surface area (Å²) in [6.45, 7) is 14.4. The van der Waals surface area contributed by atoms with Crippen molar-refractivity contribution in [2.45, 2.75) is 90.5 Å². The summed E-state index contributed by atoms with van der Waals surface area (Å²) in [5.41, 5.74) is 19.8. The van der Waals surface area contributed by atoms with Crippen molar-refractivity contribution in [3.05, 3.63) is 191 Å². The Kier molecular flexibility index (Phi) is 8.18. The zero-order valence-corrected chi connectivity index (χ0v) is 36.9. The average Bonchev–Trinajstić information content (AvgIpc) is 3.28. The number of nitrogens with zero attached hydrogens (tertiary/aromatic N) is 2. The van der Waals surface area contributed by atoms with Crippen molar-refractivity contribution < 1.29 is 0 Å². The molecule has 1 unspecified atom stereocenters. The number of rotatable bonds is 6. The number of benzene rings is 8. The first-order valence-corrected chi connectivity index (χ1v) is 22.9. The molecule has 2 heteroatoms. The van der Waals surface area contributed by atoms with Crippen LogP contribution in [0.5, 0.6) is 0 Å². The maximum Gasteiger partial charge on any atom is 0.0524 e. The highest BCUT2D eigenvalue weighted by Crippen LogP contribution is 2.58. The lowest BCUT2D eigenvalue weighted by molar-refractivity contribution is 0.611. The quantitative estimate of drug-likeness (QED) is 0.122. The molecule has 304 valence electrons. The molecule has 4 aliphatic rings. The highest BCUT2D eigenvalue weighted by molar-refractivity contribution is 6.31. The number of anilines is 4. The molecule has 62 heavy (non-hydrogen) atoms. The maximum absolute atomic E-state index is 2.59. The monoisotopic (exact) mass is 802 g/mol. The van der Waals surface area contributed by atoms with Gasteiger partial charge in [0.25, 0.3) is 0 Å². The highest BCUT2D eigenvalue weighted by Gasteiger charge is 2.39. The van der Waals surface area contributed by atoms with Crippen LogP contribution in [0.4, 0.5) is 22.7 Å². The van der Waals surface area contributed by atoms with Gasteiger partial charge in [0.2, 0.25) is 0 Å². The van der Waals surface area contributed by atoms with Crippen molar-refractivity contribution in [3.8, 4) is 22.3 Å². The topological polar surface area (TPSA) is 6.48 Å². The molecule has 1 atom stereocenters. The first kappa shape index (κ1) is 37.4. The van der Waals surface area contributed by atoms with Crippen LogP contribution < -0.4 is 9.80 Å². The number of hydrogen-bond donors (Lipinski definition) is 0. The van der Waals surface area contributed by atoms with E-state index in [-0.39, 0.29) is 10.8 Å². The summed E-state index contributed by atoms with van der Waals surface area (Å²) < 4.78 is 0. The Morgan fingerprint density at radius 1 is 0.484 bits per heavy atom. The summed E-state index contributed by atoms with van der Waals surface area (Å²) in [6.07, 6.45) is 13.1. The van der Waals surface area contributed by atoms with E-state index in [1.165, 1.54) is 129 Å². The summed E-state index contributed by atoms with van der Waals surface area (Å²) in [5.74, 6) is 0. The van der Waals surface area contributed by atoms with Gasteiger partial charge in [0, 0.05) is 39.3 Å². The normalized spacial score (nSPS) is 18.2.